The molecule has 142 valence electrons. The summed E-state index contributed by atoms with van der Waals surface area (Å²) >= 11 is 6.10. The van der Waals surface area contributed by atoms with Crippen molar-refractivity contribution < 1.29 is 9.59 Å². The van der Waals surface area contributed by atoms with Gasteiger partial charge in [-0.15, -0.1) is 0 Å². The molecular formula is C23H21ClN2O2. The first-order chi connectivity index (χ1) is 13.5. The summed E-state index contributed by atoms with van der Waals surface area (Å²) in [5.41, 5.74) is 3.56. The van der Waals surface area contributed by atoms with Crippen molar-refractivity contribution in [3.8, 4) is 0 Å². The first-order valence-electron chi connectivity index (χ1n) is 9.02. The van der Waals surface area contributed by atoms with Gasteiger partial charge in [-0.05, 0) is 54.8 Å². The van der Waals surface area contributed by atoms with Crippen LogP contribution in [0.25, 0.3) is 0 Å². The Hall–Kier alpha value is -3.11. The third-order valence-corrected chi connectivity index (χ3v) is 4.77. The summed E-state index contributed by atoms with van der Waals surface area (Å²) in [6.07, 6.45) is 0.751. The normalized spacial score (nSPS) is 10.4. The quantitative estimate of drug-likeness (QED) is 0.628. The lowest BCUT2D eigenvalue weighted by atomic mass is 10.1. The molecule has 3 aromatic carbocycles. The molecule has 2 N–H and O–H groups in total. The van der Waals surface area contributed by atoms with Gasteiger partial charge in [0.15, 0.2) is 0 Å². The molecule has 4 nitrogen and oxygen atoms in total. The zero-order chi connectivity index (χ0) is 19.9. The third-order valence-electron chi connectivity index (χ3n) is 4.36. The summed E-state index contributed by atoms with van der Waals surface area (Å²) in [4.78, 5) is 24.9. The maximum Gasteiger partial charge on any atom is 0.255 e. The molecular weight excluding hydrogens is 372 g/mol. The second-order valence-corrected chi connectivity index (χ2v) is 6.90. The summed E-state index contributed by atoms with van der Waals surface area (Å²) < 4.78 is 0. The van der Waals surface area contributed by atoms with Gasteiger partial charge in [0, 0.05) is 28.4 Å². The number of carbonyl (C=O) groups excluding carboxylic acids is 2. The Balaban J connectivity index is 1.61. The minimum absolute atomic E-state index is 0.205. The highest BCUT2D eigenvalue weighted by molar-refractivity contribution is 6.31. The maximum atomic E-state index is 12.5. The number of hydrogen-bond acceptors (Lipinski definition) is 2. The Morgan fingerprint density at radius 2 is 1.57 bits per heavy atom. The largest absolute Gasteiger partial charge is 0.352 e. The van der Waals surface area contributed by atoms with Crippen LogP contribution < -0.4 is 10.6 Å². The van der Waals surface area contributed by atoms with Gasteiger partial charge in [-0.2, -0.15) is 0 Å². The van der Waals surface area contributed by atoms with Crippen LogP contribution in [-0.2, 0) is 6.42 Å². The summed E-state index contributed by atoms with van der Waals surface area (Å²) in [5, 5.41) is 6.28. The highest BCUT2D eigenvalue weighted by atomic mass is 35.5. The summed E-state index contributed by atoms with van der Waals surface area (Å²) in [7, 11) is 0. The van der Waals surface area contributed by atoms with E-state index in [1.807, 2.05) is 43.3 Å². The van der Waals surface area contributed by atoms with Crippen molar-refractivity contribution in [3.63, 3.8) is 0 Å². The second-order valence-electron chi connectivity index (χ2n) is 6.49. The number of benzene rings is 3. The molecule has 0 aliphatic heterocycles. The van der Waals surface area contributed by atoms with Gasteiger partial charge in [0.05, 0.1) is 0 Å². The van der Waals surface area contributed by atoms with Crippen molar-refractivity contribution in [2.75, 3.05) is 11.9 Å². The predicted molar refractivity (Wildman–Crippen MR) is 113 cm³/mol. The number of carbonyl (C=O) groups is 2. The molecule has 0 bridgehead atoms. The third kappa shape index (κ3) is 5.21. The van der Waals surface area contributed by atoms with Crippen LogP contribution in [0.2, 0.25) is 5.02 Å². The molecule has 0 unspecified atom stereocenters. The first-order valence-corrected chi connectivity index (χ1v) is 9.40. The van der Waals surface area contributed by atoms with Crippen molar-refractivity contribution in [3.05, 3.63) is 100 Å². The van der Waals surface area contributed by atoms with Gasteiger partial charge >= 0.3 is 0 Å². The summed E-state index contributed by atoms with van der Waals surface area (Å²) in [6.45, 7) is 2.43. The van der Waals surface area contributed by atoms with Crippen LogP contribution in [0, 0.1) is 6.92 Å². The van der Waals surface area contributed by atoms with Gasteiger partial charge < -0.3 is 10.6 Å². The number of amides is 2. The highest BCUT2D eigenvalue weighted by Crippen LogP contribution is 2.20. The minimum Gasteiger partial charge on any atom is -0.352 e. The van der Waals surface area contributed by atoms with E-state index in [0.29, 0.717) is 28.4 Å². The van der Waals surface area contributed by atoms with E-state index in [-0.39, 0.29) is 11.8 Å². The van der Waals surface area contributed by atoms with Crippen LogP contribution in [0.1, 0.15) is 31.8 Å². The Morgan fingerprint density at radius 1 is 0.857 bits per heavy atom. The van der Waals surface area contributed by atoms with Crippen molar-refractivity contribution >= 4 is 29.1 Å². The molecule has 28 heavy (non-hydrogen) atoms. The van der Waals surface area contributed by atoms with Gasteiger partial charge in [-0.1, -0.05) is 54.1 Å². The van der Waals surface area contributed by atoms with E-state index < -0.39 is 0 Å². The summed E-state index contributed by atoms with van der Waals surface area (Å²) in [5.74, 6) is -0.497. The fraction of sp³-hybridized carbons (Fsp3) is 0.130. The van der Waals surface area contributed by atoms with Gasteiger partial charge in [0.25, 0.3) is 11.8 Å². The number of rotatable bonds is 6. The fourth-order valence-corrected chi connectivity index (χ4v) is 2.92. The van der Waals surface area contributed by atoms with E-state index in [2.05, 4.69) is 10.6 Å². The number of hydrogen-bond donors (Lipinski definition) is 2. The standard InChI is InChI=1S/C23H21ClN2O2/c1-16-10-11-20(15-21(16)24)26-23(28)19-9-5-8-18(14-19)22(27)25-13-12-17-6-3-2-4-7-17/h2-11,14-15H,12-13H2,1H3,(H,25,27)(H,26,28). The molecule has 0 saturated heterocycles. The topological polar surface area (TPSA) is 58.2 Å². The highest BCUT2D eigenvalue weighted by Gasteiger charge is 2.11. The molecule has 0 aromatic heterocycles. The van der Waals surface area contributed by atoms with E-state index in [1.165, 1.54) is 0 Å². The molecule has 3 rings (SSSR count). The van der Waals surface area contributed by atoms with E-state index in [1.54, 1.807) is 36.4 Å². The van der Waals surface area contributed by atoms with E-state index in [9.17, 15) is 9.59 Å². The van der Waals surface area contributed by atoms with Crippen LogP contribution in [0.3, 0.4) is 0 Å². The average molecular weight is 393 g/mol. The minimum atomic E-state index is -0.293. The molecule has 0 fully saturated rings. The van der Waals surface area contributed by atoms with Crippen molar-refractivity contribution in [2.45, 2.75) is 13.3 Å². The van der Waals surface area contributed by atoms with E-state index in [4.69, 9.17) is 11.6 Å². The maximum absolute atomic E-state index is 12.5. The first kappa shape index (κ1) is 19.6. The fourth-order valence-electron chi connectivity index (χ4n) is 2.74. The smallest absolute Gasteiger partial charge is 0.255 e. The SMILES string of the molecule is Cc1ccc(NC(=O)c2cccc(C(=O)NCCc3ccccc3)c2)cc1Cl. The lowest BCUT2D eigenvalue weighted by molar-refractivity contribution is 0.0954. The molecule has 0 aliphatic carbocycles. The predicted octanol–water partition coefficient (Wildman–Crippen LogP) is 4.87. The average Bonchev–Trinajstić information content (AvgIpc) is 2.71. The number of nitrogens with one attached hydrogen (secondary N) is 2. The molecule has 0 radical (unpaired) electrons. The number of aryl methyl sites for hydroxylation is 1. The zero-order valence-electron chi connectivity index (χ0n) is 15.5. The Morgan fingerprint density at radius 3 is 2.29 bits per heavy atom. The van der Waals surface area contributed by atoms with Crippen LogP contribution >= 0.6 is 11.6 Å². The van der Waals surface area contributed by atoms with Crippen LogP contribution in [0.5, 0.6) is 0 Å². The van der Waals surface area contributed by atoms with Gasteiger partial charge in [0.2, 0.25) is 0 Å². The monoisotopic (exact) mass is 392 g/mol. The van der Waals surface area contributed by atoms with Crippen molar-refractivity contribution in [1.82, 2.24) is 5.32 Å². The lowest BCUT2D eigenvalue weighted by Gasteiger charge is -2.09. The molecule has 3 aromatic rings. The molecule has 0 spiro atoms. The van der Waals surface area contributed by atoms with Crippen LogP contribution in [0.15, 0.2) is 72.8 Å². The number of halogens is 1. The van der Waals surface area contributed by atoms with Gasteiger partial charge in [-0.3, -0.25) is 9.59 Å². The Kier molecular flexibility index (Phi) is 6.45. The van der Waals surface area contributed by atoms with E-state index >= 15 is 0 Å². The number of anilines is 1. The Bertz CT molecular complexity index is 987. The molecule has 2 amide bonds. The van der Waals surface area contributed by atoms with Crippen molar-refractivity contribution in [2.24, 2.45) is 0 Å². The molecule has 5 heteroatoms. The van der Waals surface area contributed by atoms with Gasteiger partial charge in [-0.25, -0.2) is 0 Å². The lowest BCUT2D eigenvalue weighted by Crippen LogP contribution is -2.26. The summed E-state index contributed by atoms with van der Waals surface area (Å²) in [6, 6.07) is 21.9. The molecule has 0 saturated carbocycles. The van der Waals surface area contributed by atoms with Crippen LogP contribution in [0.4, 0.5) is 5.69 Å². The molecule has 0 heterocycles. The van der Waals surface area contributed by atoms with Crippen molar-refractivity contribution in [1.29, 1.82) is 0 Å². The Labute approximate surface area is 169 Å². The molecule has 0 atom stereocenters. The zero-order valence-corrected chi connectivity index (χ0v) is 16.3. The second kappa shape index (κ2) is 9.20. The van der Waals surface area contributed by atoms with Crippen LogP contribution in [-0.4, -0.2) is 18.4 Å². The molecule has 0 aliphatic rings. The van der Waals surface area contributed by atoms with E-state index in [0.717, 1.165) is 17.5 Å². The van der Waals surface area contributed by atoms with Gasteiger partial charge in [0.1, 0.15) is 0 Å².